The first kappa shape index (κ1) is 13.9. The molecule has 1 heterocycles. The van der Waals surface area contributed by atoms with E-state index in [1.54, 1.807) is 4.68 Å². The smallest absolute Gasteiger partial charge is 0.168 e. The molecule has 1 atom stereocenters. The quantitative estimate of drug-likeness (QED) is 0.788. The second-order valence-corrected chi connectivity index (χ2v) is 5.33. The zero-order valence-corrected chi connectivity index (χ0v) is 11.4. The van der Waals surface area contributed by atoms with Gasteiger partial charge in [0.1, 0.15) is 6.10 Å². The highest BCUT2D eigenvalue weighted by Gasteiger charge is 2.31. The fraction of sp³-hybridized carbons (Fsp3) is 0.692. The van der Waals surface area contributed by atoms with Crippen LogP contribution in [0.1, 0.15) is 33.4 Å². The van der Waals surface area contributed by atoms with Gasteiger partial charge in [-0.05, 0) is 18.4 Å². The van der Waals surface area contributed by atoms with Gasteiger partial charge in [-0.3, -0.25) is 9.48 Å². The van der Waals surface area contributed by atoms with Gasteiger partial charge in [0.2, 0.25) is 0 Å². The summed E-state index contributed by atoms with van der Waals surface area (Å²) in [5.41, 5.74) is 0.619. The van der Waals surface area contributed by atoms with Crippen molar-refractivity contribution in [1.29, 1.82) is 0 Å². The first-order valence-corrected chi connectivity index (χ1v) is 5.97. The van der Waals surface area contributed by atoms with Gasteiger partial charge < -0.3 is 4.74 Å². The number of hydrogen-bond acceptors (Lipinski definition) is 3. The van der Waals surface area contributed by atoms with Crippen molar-refractivity contribution in [3.05, 3.63) is 18.0 Å². The Balaban J connectivity index is 2.72. The van der Waals surface area contributed by atoms with E-state index < -0.39 is 0 Å². The first-order valence-electron chi connectivity index (χ1n) is 5.97. The van der Waals surface area contributed by atoms with Crippen molar-refractivity contribution in [2.45, 2.75) is 40.2 Å². The highest BCUT2D eigenvalue weighted by atomic mass is 16.5. The largest absolute Gasteiger partial charge is 0.370 e. The predicted molar refractivity (Wildman–Crippen MR) is 66.8 cm³/mol. The highest BCUT2D eigenvalue weighted by molar-refractivity contribution is 5.85. The highest BCUT2D eigenvalue weighted by Crippen LogP contribution is 2.24. The summed E-state index contributed by atoms with van der Waals surface area (Å²) in [4.78, 5) is 12.2. The van der Waals surface area contributed by atoms with Crippen LogP contribution in [0.5, 0.6) is 0 Å². The molecular formula is C13H22N2O2. The molecule has 17 heavy (non-hydrogen) atoms. The Kier molecular flexibility index (Phi) is 4.46. The summed E-state index contributed by atoms with van der Waals surface area (Å²) in [5, 5.41) is 4.22. The maximum absolute atomic E-state index is 12.2. The second-order valence-electron chi connectivity index (χ2n) is 5.33. The average molecular weight is 238 g/mol. The van der Waals surface area contributed by atoms with Gasteiger partial charge in [-0.1, -0.05) is 20.8 Å². The van der Waals surface area contributed by atoms with Gasteiger partial charge in [-0.2, -0.15) is 5.10 Å². The summed E-state index contributed by atoms with van der Waals surface area (Å²) < 4.78 is 7.27. The monoisotopic (exact) mass is 238 g/mol. The molecule has 1 unspecified atom stereocenters. The third-order valence-electron chi connectivity index (χ3n) is 2.54. The Bertz CT molecular complexity index is 377. The Morgan fingerprint density at radius 3 is 2.59 bits per heavy atom. The number of ether oxygens (including phenoxy) is 1. The maximum Gasteiger partial charge on any atom is 0.168 e. The molecule has 4 heteroatoms. The molecule has 1 aromatic heterocycles. The summed E-state index contributed by atoms with van der Waals surface area (Å²) in [6.45, 7) is 8.51. The summed E-state index contributed by atoms with van der Waals surface area (Å²) in [5.74, 6) is 0.0954. The number of nitrogens with zero attached hydrogens (tertiary/aromatic N) is 2. The van der Waals surface area contributed by atoms with E-state index in [2.05, 4.69) is 5.10 Å². The van der Waals surface area contributed by atoms with Crippen LogP contribution in [0.15, 0.2) is 12.3 Å². The lowest BCUT2D eigenvalue weighted by atomic mass is 9.85. The van der Waals surface area contributed by atoms with E-state index in [0.29, 0.717) is 13.0 Å². The van der Waals surface area contributed by atoms with Crippen molar-refractivity contribution in [2.24, 2.45) is 12.5 Å². The lowest BCUT2D eigenvalue weighted by molar-refractivity contribution is -0.136. The van der Waals surface area contributed by atoms with Crippen molar-refractivity contribution in [1.82, 2.24) is 9.78 Å². The molecule has 0 bridgehead atoms. The molecule has 0 spiro atoms. The molecule has 0 aliphatic rings. The molecule has 1 rings (SSSR count). The summed E-state index contributed by atoms with van der Waals surface area (Å²) in [7, 11) is 1.85. The number of carbonyl (C=O) groups is 1. The van der Waals surface area contributed by atoms with Gasteiger partial charge >= 0.3 is 0 Å². The number of ketones is 1. The molecule has 0 saturated heterocycles. The van der Waals surface area contributed by atoms with E-state index in [1.165, 1.54) is 0 Å². The minimum Gasteiger partial charge on any atom is -0.370 e. The van der Waals surface area contributed by atoms with Crippen LogP contribution in [0.4, 0.5) is 0 Å². The standard InChI is InChI=1S/C13H22N2O2/c1-6-17-12(13(2,3)4)11(16)9-10-7-8-15(5)14-10/h7-8,12H,6,9H2,1-5H3. The van der Waals surface area contributed by atoms with E-state index in [0.717, 1.165) is 5.69 Å². The van der Waals surface area contributed by atoms with Gasteiger partial charge in [0.25, 0.3) is 0 Å². The van der Waals surface area contributed by atoms with Crippen LogP contribution in [0.2, 0.25) is 0 Å². The zero-order valence-electron chi connectivity index (χ0n) is 11.4. The number of aryl methyl sites for hydroxylation is 1. The van der Waals surface area contributed by atoms with E-state index in [9.17, 15) is 4.79 Å². The number of carbonyl (C=O) groups excluding carboxylic acids is 1. The van der Waals surface area contributed by atoms with Crippen molar-refractivity contribution < 1.29 is 9.53 Å². The Morgan fingerprint density at radius 1 is 1.53 bits per heavy atom. The zero-order chi connectivity index (χ0) is 13.1. The molecule has 1 aromatic rings. The van der Waals surface area contributed by atoms with E-state index in [4.69, 9.17) is 4.74 Å². The number of Topliss-reactive ketones (excluding diaryl/α,β-unsaturated/α-hetero) is 1. The van der Waals surface area contributed by atoms with Crippen LogP contribution >= 0.6 is 0 Å². The topological polar surface area (TPSA) is 44.1 Å². The molecule has 0 saturated carbocycles. The van der Waals surface area contributed by atoms with Crippen molar-refractivity contribution in [3.63, 3.8) is 0 Å². The second kappa shape index (κ2) is 5.45. The van der Waals surface area contributed by atoms with Gasteiger partial charge in [0, 0.05) is 19.9 Å². The van der Waals surface area contributed by atoms with Crippen molar-refractivity contribution in [3.8, 4) is 0 Å². The SMILES string of the molecule is CCOC(C(=O)Cc1ccn(C)n1)C(C)(C)C. The van der Waals surface area contributed by atoms with Crippen LogP contribution in [0.3, 0.4) is 0 Å². The molecule has 0 N–H and O–H groups in total. The molecular weight excluding hydrogens is 216 g/mol. The minimum atomic E-state index is -0.366. The predicted octanol–water partition coefficient (Wildman–Crippen LogP) is 1.98. The molecule has 0 fully saturated rings. The lowest BCUT2D eigenvalue weighted by Crippen LogP contribution is -2.38. The van der Waals surface area contributed by atoms with Crippen molar-refractivity contribution in [2.75, 3.05) is 6.61 Å². The molecule has 96 valence electrons. The van der Waals surface area contributed by atoms with Gasteiger partial charge in [-0.15, -0.1) is 0 Å². The Labute approximate surface area is 103 Å². The molecule has 0 aromatic carbocycles. The molecule has 0 aliphatic carbocycles. The molecule has 0 radical (unpaired) electrons. The van der Waals surface area contributed by atoms with Gasteiger partial charge in [0.15, 0.2) is 5.78 Å². The lowest BCUT2D eigenvalue weighted by Gasteiger charge is -2.28. The number of aromatic nitrogens is 2. The Morgan fingerprint density at radius 2 is 2.18 bits per heavy atom. The van der Waals surface area contributed by atoms with Gasteiger partial charge in [-0.25, -0.2) is 0 Å². The minimum absolute atomic E-state index is 0.0954. The summed E-state index contributed by atoms with van der Waals surface area (Å²) in [6, 6.07) is 1.86. The normalized spacial score (nSPS) is 13.7. The van der Waals surface area contributed by atoms with E-state index >= 15 is 0 Å². The fourth-order valence-electron chi connectivity index (χ4n) is 1.82. The van der Waals surface area contributed by atoms with E-state index in [1.807, 2.05) is 47.0 Å². The number of rotatable bonds is 5. The van der Waals surface area contributed by atoms with Crippen LogP contribution in [0.25, 0.3) is 0 Å². The van der Waals surface area contributed by atoms with Crippen molar-refractivity contribution >= 4 is 5.78 Å². The molecule has 4 nitrogen and oxygen atoms in total. The fourth-order valence-corrected chi connectivity index (χ4v) is 1.82. The summed E-state index contributed by atoms with van der Waals surface area (Å²) in [6.07, 6.45) is 1.81. The molecule has 0 aliphatic heterocycles. The third-order valence-corrected chi connectivity index (χ3v) is 2.54. The van der Waals surface area contributed by atoms with Crippen LogP contribution in [-0.2, 0) is 23.0 Å². The molecule has 0 amide bonds. The summed E-state index contributed by atoms with van der Waals surface area (Å²) >= 11 is 0. The van der Waals surface area contributed by atoms with E-state index in [-0.39, 0.29) is 17.3 Å². The first-order chi connectivity index (χ1) is 7.84. The Hall–Kier alpha value is -1.16. The third kappa shape index (κ3) is 3.97. The number of hydrogen-bond donors (Lipinski definition) is 0. The average Bonchev–Trinajstić information content (AvgIpc) is 2.58. The maximum atomic E-state index is 12.2. The van der Waals surface area contributed by atoms with Crippen LogP contribution < -0.4 is 0 Å². The van der Waals surface area contributed by atoms with Gasteiger partial charge in [0.05, 0.1) is 12.1 Å². The van der Waals surface area contributed by atoms with Crippen LogP contribution in [0, 0.1) is 5.41 Å². The van der Waals surface area contributed by atoms with Crippen LogP contribution in [-0.4, -0.2) is 28.3 Å².